The largest absolute Gasteiger partial charge is 0.392 e. The highest BCUT2D eigenvalue weighted by molar-refractivity contribution is 4.74. The molecule has 2 unspecified atom stereocenters. The Balaban J connectivity index is 2.22. The van der Waals surface area contributed by atoms with Crippen LogP contribution in [0.15, 0.2) is 0 Å². The Morgan fingerprint density at radius 3 is 3.00 bits per heavy atom. The number of nitrogens with one attached hydrogen (secondary N) is 1. The van der Waals surface area contributed by atoms with Gasteiger partial charge in [-0.25, -0.2) is 0 Å². The Morgan fingerprint density at radius 1 is 1.67 bits per heavy atom. The van der Waals surface area contributed by atoms with Crippen LogP contribution >= 0.6 is 0 Å². The van der Waals surface area contributed by atoms with Crippen molar-refractivity contribution in [1.82, 2.24) is 10.2 Å². The van der Waals surface area contributed by atoms with Gasteiger partial charge in [-0.1, -0.05) is 0 Å². The summed E-state index contributed by atoms with van der Waals surface area (Å²) in [6, 6.07) is 0.523. The number of aliphatic hydroxyl groups is 1. The van der Waals surface area contributed by atoms with Gasteiger partial charge in [0.25, 0.3) is 0 Å². The van der Waals surface area contributed by atoms with Crippen molar-refractivity contribution in [2.24, 2.45) is 0 Å². The fourth-order valence-electron chi connectivity index (χ4n) is 1.68. The molecule has 0 amide bonds. The second-order valence-electron chi connectivity index (χ2n) is 3.75. The molecular weight excluding hydrogens is 152 g/mol. The smallest absolute Gasteiger partial charge is 0.0667 e. The average molecular weight is 172 g/mol. The lowest BCUT2D eigenvalue weighted by Crippen LogP contribution is -2.44. The Bertz CT molecular complexity index is 130. The van der Waals surface area contributed by atoms with Crippen molar-refractivity contribution >= 4 is 0 Å². The minimum Gasteiger partial charge on any atom is -0.392 e. The molecule has 12 heavy (non-hydrogen) atoms. The normalized spacial score (nSPS) is 28.8. The van der Waals surface area contributed by atoms with Crippen molar-refractivity contribution in [1.29, 1.82) is 0 Å². The number of nitrogens with zero attached hydrogens (tertiary/aromatic N) is 1. The van der Waals surface area contributed by atoms with Crippen LogP contribution in [0.2, 0.25) is 0 Å². The highest BCUT2D eigenvalue weighted by Crippen LogP contribution is 2.09. The monoisotopic (exact) mass is 172 g/mol. The zero-order valence-electron chi connectivity index (χ0n) is 8.08. The van der Waals surface area contributed by atoms with Crippen molar-refractivity contribution in [3.8, 4) is 0 Å². The topological polar surface area (TPSA) is 35.5 Å². The van der Waals surface area contributed by atoms with Gasteiger partial charge in [0.15, 0.2) is 0 Å². The van der Waals surface area contributed by atoms with E-state index in [1.807, 2.05) is 7.05 Å². The lowest BCUT2D eigenvalue weighted by Gasteiger charge is -2.31. The molecule has 0 aromatic heterocycles. The van der Waals surface area contributed by atoms with E-state index >= 15 is 0 Å². The number of β-amino-alcohol motifs (C(OH)–C–C–N with tert-alkyl or cyclic N) is 1. The number of piperidine rings is 1. The van der Waals surface area contributed by atoms with E-state index in [1.165, 1.54) is 0 Å². The van der Waals surface area contributed by atoms with Gasteiger partial charge in [0, 0.05) is 19.1 Å². The van der Waals surface area contributed by atoms with Gasteiger partial charge in [0.2, 0.25) is 0 Å². The van der Waals surface area contributed by atoms with Crippen LogP contribution < -0.4 is 5.32 Å². The molecule has 1 rings (SSSR count). The van der Waals surface area contributed by atoms with Gasteiger partial charge in [-0.2, -0.15) is 0 Å². The molecule has 2 atom stereocenters. The first-order valence-electron chi connectivity index (χ1n) is 4.80. The van der Waals surface area contributed by atoms with E-state index in [-0.39, 0.29) is 6.10 Å². The molecule has 3 heteroatoms. The fourth-order valence-corrected chi connectivity index (χ4v) is 1.68. The summed E-state index contributed by atoms with van der Waals surface area (Å²) >= 11 is 0. The van der Waals surface area contributed by atoms with E-state index in [0.717, 1.165) is 32.5 Å². The zero-order chi connectivity index (χ0) is 8.97. The Morgan fingerprint density at radius 2 is 2.42 bits per heavy atom. The maximum Gasteiger partial charge on any atom is 0.0667 e. The van der Waals surface area contributed by atoms with Gasteiger partial charge in [0.05, 0.1) is 6.10 Å². The molecule has 1 aliphatic heterocycles. The molecule has 3 nitrogen and oxygen atoms in total. The lowest BCUT2D eigenvalue weighted by molar-refractivity contribution is 0.0669. The maximum absolute atomic E-state index is 9.40. The van der Waals surface area contributed by atoms with Crippen LogP contribution in [0.1, 0.15) is 19.8 Å². The van der Waals surface area contributed by atoms with Crippen LogP contribution in [-0.4, -0.2) is 48.8 Å². The molecule has 1 heterocycles. The molecule has 0 saturated carbocycles. The summed E-state index contributed by atoms with van der Waals surface area (Å²) in [6.45, 7) is 5.21. The minimum atomic E-state index is -0.0946. The van der Waals surface area contributed by atoms with Crippen molar-refractivity contribution in [3.05, 3.63) is 0 Å². The number of likely N-dealkylation sites (N-methyl/N-ethyl adjacent to an activating group) is 1. The van der Waals surface area contributed by atoms with Crippen LogP contribution in [0.5, 0.6) is 0 Å². The molecule has 1 saturated heterocycles. The quantitative estimate of drug-likeness (QED) is 0.631. The van der Waals surface area contributed by atoms with Crippen molar-refractivity contribution in [2.45, 2.75) is 31.9 Å². The van der Waals surface area contributed by atoms with E-state index in [9.17, 15) is 5.11 Å². The first-order chi connectivity index (χ1) is 5.72. The Hall–Kier alpha value is -0.120. The molecular formula is C9H20N2O. The molecule has 0 spiro atoms. The number of likely N-dealkylation sites (tertiary alicyclic amines) is 1. The summed E-state index contributed by atoms with van der Waals surface area (Å²) in [4.78, 5) is 2.33. The van der Waals surface area contributed by atoms with Gasteiger partial charge in [-0.3, -0.25) is 4.90 Å². The van der Waals surface area contributed by atoms with Crippen molar-refractivity contribution in [2.75, 3.05) is 26.7 Å². The summed E-state index contributed by atoms with van der Waals surface area (Å²) in [5, 5.41) is 12.6. The molecule has 0 bridgehead atoms. The Labute approximate surface area is 74.8 Å². The third kappa shape index (κ3) is 3.09. The van der Waals surface area contributed by atoms with E-state index in [0.29, 0.717) is 6.04 Å². The first-order valence-corrected chi connectivity index (χ1v) is 4.80. The standard InChI is InChI=1S/C9H20N2O/c1-8(10-2)6-11-5-3-4-9(12)7-11/h8-10,12H,3-7H2,1-2H3. The second kappa shape index (κ2) is 4.80. The van der Waals surface area contributed by atoms with E-state index in [1.54, 1.807) is 0 Å². The average Bonchev–Trinajstić information content (AvgIpc) is 2.04. The molecule has 72 valence electrons. The highest BCUT2D eigenvalue weighted by Gasteiger charge is 2.18. The SMILES string of the molecule is CNC(C)CN1CCCC(O)C1. The van der Waals surface area contributed by atoms with Gasteiger partial charge in [-0.15, -0.1) is 0 Å². The summed E-state index contributed by atoms with van der Waals surface area (Å²) in [5.74, 6) is 0. The predicted molar refractivity (Wildman–Crippen MR) is 50.2 cm³/mol. The van der Waals surface area contributed by atoms with Gasteiger partial charge < -0.3 is 10.4 Å². The third-order valence-corrected chi connectivity index (χ3v) is 2.51. The van der Waals surface area contributed by atoms with Gasteiger partial charge >= 0.3 is 0 Å². The summed E-state index contributed by atoms with van der Waals surface area (Å²) < 4.78 is 0. The van der Waals surface area contributed by atoms with Crippen LogP contribution in [0, 0.1) is 0 Å². The number of aliphatic hydroxyl groups excluding tert-OH is 1. The Kier molecular flexibility index (Phi) is 3.98. The van der Waals surface area contributed by atoms with Gasteiger partial charge in [0.1, 0.15) is 0 Å². The highest BCUT2D eigenvalue weighted by atomic mass is 16.3. The molecule has 1 aliphatic rings. The predicted octanol–water partition coefficient (Wildman–Crippen LogP) is 0.0510. The van der Waals surface area contributed by atoms with Crippen LogP contribution in [0.3, 0.4) is 0 Å². The molecule has 0 aliphatic carbocycles. The second-order valence-corrected chi connectivity index (χ2v) is 3.75. The summed E-state index contributed by atoms with van der Waals surface area (Å²) in [5.41, 5.74) is 0. The van der Waals surface area contributed by atoms with Crippen LogP contribution in [-0.2, 0) is 0 Å². The van der Waals surface area contributed by atoms with E-state index in [4.69, 9.17) is 0 Å². The minimum absolute atomic E-state index is 0.0946. The molecule has 0 aromatic carbocycles. The number of hydrogen-bond donors (Lipinski definition) is 2. The van der Waals surface area contributed by atoms with Crippen molar-refractivity contribution < 1.29 is 5.11 Å². The van der Waals surface area contributed by atoms with Crippen LogP contribution in [0.4, 0.5) is 0 Å². The molecule has 0 radical (unpaired) electrons. The van der Waals surface area contributed by atoms with Crippen molar-refractivity contribution in [3.63, 3.8) is 0 Å². The summed E-state index contributed by atoms with van der Waals surface area (Å²) in [6.07, 6.45) is 2.02. The summed E-state index contributed by atoms with van der Waals surface area (Å²) in [7, 11) is 1.98. The van der Waals surface area contributed by atoms with Gasteiger partial charge in [-0.05, 0) is 33.4 Å². The molecule has 1 fully saturated rings. The molecule has 2 N–H and O–H groups in total. The number of rotatable bonds is 3. The van der Waals surface area contributed by atoms with Crippen LogP contribution in [0.25, 0.3) is 0 Å². The fraction of sp³-hybridized carbons (Fsp3) is 1.00. The third-order valence-electron chi connectivity index (χ3n) is 2.51. The first kappa shape index (κ1) is 9.96. The molecule has 0 aromatic rings. The van der Waals surface area contributed by atoms with E-state index in [2.05, 4.69) is 17.1 Å². The van der Waals surface area contributed by atoms with E-state index < -0.39 is 0 Å². The number of hydrogen-bond acceptors (Lipinski definition) is 3. The zero-order valence-corrected chi connectivity index (χ0v) is 8.08. The maximum atomic E-state index is 9.40. The lowest BCUT2D eigenvalue weighted by atomic mass is 10.1.